The van der Waals surface area contributed by atoms with Gasteiger partial charge in [0.2, 0.25) is 0 Å². The number of rotatable bonds is 1. The van der Waals surface area contributed by atoms with E-state index in [4.69, 9.17) is 0 Å². The van der Waals surface area contributed by atoms with E-state index in [0.29, 0.717) is 6.42 Å². The molecule has 140 valence electrons. The molecule has 2 aliphatic rings. The van der Waals surface area contributed by atoms with Crippen LogP contribution in [0.4, 0.5) is 0 Å². The summed E-state index contributed by atoms with van der Waals surface area (Å²) in [5.41, 5.74) is 3.54. The molecule has 0 bridgehead atoms. The van der Waals surface area contributed by atoms with Gasteiger partial charge in [-0.15, -0.1) is 0 Å². The molecule has 1 fully saturated rings. The van der Waals surface area contributed by atoms with Gasteiger partial charge in [-0.05, 0) is 73.3 Å². The van der Waals surface area contributed by atoms with Crippen molar-refractivity contribution < 1.29 is 15.0 Å². The highest BCUT2D eigenvalue weighted by Gasteiger charge is 2.59. The van der Waals surface area contributed by atoms with Crippen molar-refractivity contribution in [1.82, 2.24) is 4.98 Å². The lowest BCUT2D eigenvalue weighted by Gasteiger charge is -2.55. The molecule has 3 N–H and O–H groups in total. The number of aliphatic hydroxyl groups excluding tert-OH is 1. The SMILES string of the molecule is C[C@@]1(C(=O)O)[C@H](O)CC[C@@]2(C)c3cc4c(cc3CC[C@H]12)[nH]c1ccccc14. The quantitative estimate of drug-likeness (QED) is 0.600. The molecule has 1 saturated carbocycles. The third-order valence-electron chi connectivity index (χ3n) is 7.63. The Morgan fingerprint density at radius 2 is 1.89 bits per heavy atom. The fourth-order valence-electron chi connectivity index (χ4n) is 6.02. The topological polar surface area (TPSA) is 73.3 Å². The molecule has 0 radical (unpaired) electrons. The highest BCUT2D eigenvalue weighted by atomic mass is 16.4. The van der Waals surface area contributed by atoms with Crippen LogP contribution in [0, 0.1) is 11.3 Å². The van der Waals surface area contributed by atoms with Crippen LogP contribution in [0.15, 0.2) is 36.4 Å². The monoisotopic (exact) mass is 363 g/mol. The number of para-hydroxylation sites is 1. The number of aliphatic hydroxyl groups is 1. The Bertz CT molecular complexity index is 1080. The lowest BCUT2D eigenvalue weighted by atomic mass is 9.49. The van der Waals surface area contributed by atoms with Crippen LogP contribution < -0.4 is 0 Å². The second-order valence-corrected chi connectivity index (χ2v) is 8.88. The zero-order valence-electron chi connectivity index (χ0n) is 15.7. The number of aliphatic carboxylic acids is 1. The number of carboxylic acids is 1. The minimum atomic E-state index is -1.10. The van der Waals surface area contributed by atoms with Gasteiger partial charge in [-0.3, -0.25) is 4.79 Å². The third kappa shape index (κ3) is 2.05. The molecule has 0 amide bonds. The molecule has 0 saturated heterocycles. The van der Waals surface area contributed by atoms with E-state index in [1.807, 2.05) is 6.07 Å². The maximum Gasteiger partial charge on any atom is 0.312 e. The molecule has 2 aliphatic carbocycles. The standard InChI is InChI=1S/C23H25NO3/c1-22-10-9-20(25)23(2,21(26)27)19(22)8-7-13-11-18-15(12-16(13)22)14-5-3-4-6-17(14)24-18/h3-6,11-12,19-20,24-25H,7-10H2,1-2H3,(H,26,27)/t19-,20+,22-,23-/m0/s1. The van der Waals surface area contributed by atoms with Gasteiger partial charge in [0.05, 0.1) is 11.5 Å². The molecule has 0 spiro atoms. The molecule has 3 aromatic rings. The number of hydrogen-bond acceptors (Lipinski definition) is 2. The van der Waals surface area contributed by atoms with Gasteiger partial charge in [0, 0.05) is 21.8 Å². The molecule has 4 heteroatoms. The van der Waals surface area contributed by atoms with Crippen LogP contribution in [-0.2, 0) is 16.6 Å². The van der Waals surface area contributed by atoms with Gasteiger partial charge in [-0.25, -0.2) is 0 Å². The summed E-state index contributed by atoms with van der Waals surface area (Å²) in [5.74, 6) is -0.941. The second-order valence-electron chi connectivity index (χ2n) is 8.88. The summed E-state index contributed by atoms with van der Waals surface area (Å²) >= 11 is 0. The van der Waals surface area contributed by atoms with E-state index in [2.05, 4.69) is 42.2 Å². The number of carbonyl (C=O) groups is 1. The van der Waals surface area contributed by atoms with E-state index in [9.17, 15) is 15.0 Å². The number of aromatic nitrogens is 1. The Kier molecular flexibility index (Phi) is 3.33. The van der Waals surface area contributed by atoms with Crippen molar-refractivity contribution >= 4 is 27.8 Å². The van der Waals surface area contributed by atoms with Crippen LogP contribution in [0.2, 0.25) is 0 Å². The first kappa shape index (κ1) is 16.8. The number of nitrogens with one attached hydrogen (secondary N) is 1. The minimum Gasteiger partial charge on any atom is -0.481 e. The largest absolute Gasteiger partial charge is 0.481 e. The normalized spacial score (nSPS) is 33.0. The van der Waals surface area contributed by atoms with Crippen molar-refractivity contribution in [3.05, 3.63) is 47.5 Å². The molecule has 1 aromatic heterocycles. The van der Waals surface area contributed by atoms with Crippen LogP contribution >= 0.6 is 0 Å². The number of hydrogen-bond donors (Lipinski definition) is 3. The number of carboxylic acid groups (broad SMARTS) is 1. The van der Waals surface area contributed by atoms with Gasteiger partial charge < -0.3 is 15.2 Å². The Balaban J connectivity index is 1.75. The van der Waals surface area contributed by atoms with E-state index in [1.54, 1.807) is 6.92 Å². The van der Waals surface area contributed by atoms with Gasteiger partial charge in [0.15, 0.2) is 0 Å². The van der Waals surface area contributed by atoms with Gasteiger partial charge >= 0.3 is 5.97 Å². The van der Waals surface area contributed by atoms with Gasteiger partial charge in [0.25, 0.3) is 0 Å². The minimum absolute atomic E-state index is 0.0681. The molecule has 1 heterocycles. The van der Waals surface area contributed by atoms with Crippen LogP contribution in [-0.4, -0.2) is 27.3 Å². The fourth-order valence-corrected chi connectivity index (χ4v) is 6.02. The lowest BCUT2D eigenvalue weighted by Crippen LogP contribution is -2.58. The van der Waals surface area contributed by atoms with Gasteiger partial charge in [0.1, 0.15) is 0 Å². The molecule has 4 atom stereocenters. The Hall–Kier alpha value is -2.33. The Labute approximate surface area is 158 Å². The first-order chi connectivity index (χ1) is 12.9. The van der Waals surface area contributed by atoms with Crippen molar-refractivity contribution in [2.45, 2.75) is 51.0 Å². The molecule has 27 heavy (non-hydrogen) atoms. The average Bonchev–Trinajstić information content (AvgIpc) is 3.01. The summed E-state index contributed by atoms with van der Waals surface area (Å²) < 4.78 is 0. The third-order valence-corrected chi connectivity index (χ3v) is 7.63. The van der Waals surface area contributed by atoms with Crippen LogP contribution in [0.3, 0.4) is 0 Å². The highest BCUT2D eigenvalue weighted by molar-refractivity contribution is 6.07. The van der Waals surface area contributed by atoms with Crippen molar-refractivity contribution in [3.63, 3.8) is 0 Å². The molecular formula is C23H25NO3. The predicted octanol–water partition coefficient (Wildman–Crippen LogP) is 4.39. The summed E-state index contributed by atoms with van der Waals surface area (Å²) in [4.78, 5) is 15.7. The van der Waals surface area contributed by atoms with Crippen LogP contribution in [0.5, 0.6) is 0 Å². The molecule has 4 nitrogen and oxygen atoms in total. The predicted molar refractivity (Wildman–Crippen MR) is 106 cm³/mol. The number of benzene rings is 2. The Morgan fingerprint density at radius 3 is 2.67 bits per heavy atom. The summed E-state index contributed by atoms with van der Waals surface area (Å²) in [6.45, 7) is 3.96. The lowest BCUT2D eigenvalue weighted by molar-refractivity contribution is -0.171. The zero-order valence-corrected chi connectivity index (χ0v) is 15.7. The Morgan fingerprint density at radius 1 is 1.11 bits per heavy atom. The number of aryl methyl sites for hydroxylation is 1. The summed E-state index contributed by atoms with van der Waals surface area (Å²) in [6.07, 6.45) is 2.22. The first-order valence-corrected chi connectivity index (χ1v) is 9.81. The van der Waals surface area contributed by atoms with Crippen LogP contribution in [0.25, 0.3) is 21.8 Å². The van der Waals surface area contributed by atoms with E-state index in [1.165, 1.54) is 21.9 Å². The van der Waals surface area contributed by atoms with E-state index in [-0.39, 0.29) is 11.3 Å². The molecule has 0 unspecified atom stereocenters. The van der Waals surface area contributed by atoms with Crippen molar-refractivity contribution in [2.75, 3.05) is 0 Å². The highest BCUT2D eigenvalue weighted by Crippen LogP contribution is 2.57. The van der Waals surface area contributed by atoms with Gasteiger partial charge in [-0.1, -0.05) is 25.1 Å². The second kappa shape index (κ2) is 5.35. The van der Waals surface area contributed by atoms with E-state index in [0.717, 1.165) is 30.3 Å². The molecule has 2 aromatic carbocycles. The van der Waals surface area contributed by atoms with Crippen molar-refractivity contribution in [1.29, 1.82) is 0 Å². The number of fused-ring (bicyclic) bond motifs is 6. The molecule has 0 aliphatic heterocycles. The first-order valence-electron chi connectivity index (χ1n) is 9.81. The van der Waals surface area contributed by atoms with E-state index < -0.39 is 17.5 Å². The number of aromatic amines is 1. The maximum absolute atomic E-state index is 12.2. The average molecular weight is 363 g/mol. The van der Waals surface area contributed by atoms with Crippen LogP contribution in [0.1, 0.15) is 44.2 Å². The maximum atomic E-state index is 12.2. The van der Waals surface area contributed by atoms with E-state index >= 15 is 0 Å². The van der Waals surface area contributed by atoms with Gasteiger partial charge in [-0.2, -0.15) is 0 Å². The smallest absolute Gasteiger partial charge is 0.312 e. The molecule has 5 rings (SSSR count). The fraction of sp³-hybridized carbons (Fsp3) is 0.435. The summed E-state index contributed by atoms with van der Waals surface area (Å²) in [6, 6.07) is 12.9. The summed E-state index contributed by atoms with van der Waals surface area (Å²) in [7, 11) is 0. The zero-order chi connectivity index (χ0) is 19.0. The number of H-pyrrole nitrogens is 1. The summed E-state index contributed by atoms with van der Waals surface area (Å²) in [5, 5.41) is 23.0. The molecular weight excluding hydrogens is 338 g/mol. The van der Waals surface area contributed by atoms with Crippen molar-refractivity contribution in [3.8, 4) is 0 Å². The van der Waals surface area contributed by atoms with Crippen molar-refractivity contribution in [2.24, 2.45) is 11.3 Å².